The Bertz CT molecular complexity index is 735. The Morgan fingerprint density at radius 3 is 2.71 bits per heavy atom. The van der Waals surface area contributed by atoms with E-state index >= 15 is 0 Å². The highest BCUT2D eigenvalue weighted by atomic mass is 19.1. The molecule has 2 nitrogen and oxygen atoms in total. The molecular formula is C17H12F2O2. The third-order valence-electron chi connectivity index (χ3n) is 3.34. The molecule has 1 heterocycles. The smallest absolute Gasteiger partial charge is 0.192 e. The number of carbonyl (C=O) groups excluding carboxylic acids is 1. The SMILES string of the molecule is O=C1/C(=C\c2ccccc2F)CCOc2ccc(F)cc21. The standard InChI is InChI=1S/C17H12F2O2/c18-13-5-6-16-14(10-13)17(20)12(7-8-21-16)9-11-3-1-2-4-15(11)19/h1-6,9-10H,7-8H2/b12-9-. The molecule has 0 amide bonds. The molecule has 0 fully saturated rings. The Balaban J connectivity index is 2.05. The van der Waals surface area contributed by atoms with Gasteiger partial charge in [-0.1, -0.05) is 18.2 Å². The van der Waals surface area contributed by atoms with Crippen molar-refractivity contribution < 1.29 is 18.3 Å². The molecule has 0 unspecified atom stereocenters. The molecular weight excluding hydrogens is 274 g/mol. The summed E-state index contributed by atoms with van der Waals surface area (Å²) in [6, 6.07) is 10.0. The summed E-state index contributed by atoms with van der Waals surface area (Å²) in [5.41, 5.74) is 0.917. The highest BCUT2D eigenvalue weighted by Gasteiger charge is 2.22. The quantitative estimate of drug-likeness (QED) is 0.740. The van der Waals surface area contributed by atoms with Crippen molar-refractivity contribution in [2.45, 2.75) is 6.42 Å². The van der Waals surface area contributed by atoms with Gasteiger partial charge in [0.05, 0.1) is 12.2 Å². The summed E-state index contributed by atoms with van der Waals surface area (Å²) in [7, 11) is 0. The molecule has 106 valence electrons. The minimum atomic E-state index is -0.502. The van der Waals surface area contributed by atoms with E-state index in [9.17, 15) is 13.6 Å². The van der Waals surface area contributed by atoms with Crippen molar-refractivity contribution in [3.05, 3.63) is 70.8 Å². The normalized spacial score (nSPS) is 16.3. The fourth-order valence-electron chi connectivity index (χ4n) is 2.28. The van der Waals surface area contributed by atoms with E-state index < -0.39 is 11.6 Å². The molecule has 4 heteroatoms. The predicted octanol–water partition coefficient (Wildman–Crippen LogP) is 4.01. The maximum Gasteiger partial charge on any atom is 0.192 e. The van der Waals surface area contributed by atoms with Gasteiger partial charge in [-0.3, -0.25) is 4.79 Å². The number of ketones is 1. The molecule has 0 bridgehead atoms. The minimum absolute atomic E-state index is 0.176. The molecule has 0 aromatic heterocycles. The molecule has 3 rings (SSSR count). The fourth-order valence-corrected chi connectivity index (χ4v) is 2.28. The molecule has 0 aliphatic carbocycles. The lowest BCUT2D eigenvalue weighted by atomic mass is 9.99. The fraction of sp³-hybridized carbons (Fsp3) is 0.118. The van der Waals surface area contributed by atoms with E-state index in [1.165, 1.54) is 24.3 Å². The first-order valence-electron chi connectivity index (χ1n) is 6.57. The lowest BCUT2D eigenvalue weighted by Gasteiger charge is -2.05. The monoisotopic (exact) mass is 286 g/mol. The Kier molecular flexibility index (Phi) is 3.52. The van der Waals surface area contributed by atoms with Crippen LogP contribution in [0.2, 0.25) is 0 Å². The summed E-state index contributed by atoms with van der Waals surface area (Å²) in [6.45, 7) is 0.296. The first kappa shape index (κ1) is 13.5. The molecule has 0 atom stereocenters. The summed E-state index contributed by atoms with van der Waals surface area (Å²) in [5, 5.41) is 0. The van der Waals surface area contributed by atoms with Crippen molar-refractivity contribution in [3.8, 4) is 5.75 Å². The van der Waals surface area contributed by atoms with Crippen LogP contribution in [0.25, 0.3) is 6.08 Å². The Morgan fingerprint density at radius 2 is 1.90 bits per heavy atom. The van der Waals surface area contributed by atoms with Gasteiger partial charge in [0.2, 0.25) is 0 Å². The third kappa shape index (κ3) is 2.70. The molecule has 0 N–H and O–H groups in total. The number of benzene rings is 2. The lowest BCUT2D eigenvalue weighted by molar-refractivity contribution is 0.103. The van der Waals surface area contributed by atoms with E-state index in [0.29, 0.717) is 29.9 Å². The minimum Gasteiger partial charge on any atom is -0.492 e. The first-order valence-corrected chi connectivity index (χ1v) is 6.57. The van der Waals surface area contributed by atoms with E-state index in [1.54, 1.807) is 18.2 Å². The van der Waals surface area contributed by atoms with Crippen LogP contribution in [0.4, 0.5) is 8.78 Å². The molecule has 1 aliphatic heterocycles. The van der Waals surface area contributed by atoms with Gasteiger partial charge in [0.15, 0.2) is 5.78 Å². The first-order chi connectivity index (χ1) is 10.1. The lowest BCUT2D eigenvalue weighted by Crippen LogP contribution is -2.03. The van der Waals surface area contributed by atoms with E-state index in [4.69, 9.17) is 4.74 Å². The Morgan fingerprint density at radius 1 is 1.10 bits per heavy atom. The van der Waals surface area contributed by atoms with Crippen LogP contribution in [0.3, 0.4) is 0 Å². The van der Waals surface area contributed by atoms with Crippen molar-refractivity contribution >= 4 is 11.9 Å². The third-order valence-corrected chi connectivity index (χ3v) is 3.34. The van der Waals surface area contributed by atoms with Crippen LogP contribution in [0.5, 0.6) is 5.75 Å². The number of fused-ring (bicyclic) bond motifs is 1. The van der Waals surface area contributed by atoms with E-state index in [-0.39, 0.29) is 11.3 Å². The van der Waals surface area contributed by atoms with Gasteiger partial charge in [0, 0.05) is 17.6 Å². The highest BCUT2D eigenvalue weighted by molar-refractivity contribution is 6.13. The van der Waals surface area contributed by atoms with Crippen molar-refractivity contribution in [1.29, 1.82) is 0 Å². The molecule has 2 aromatic carbocycles. The van der Waals surface area contributed by atoms with Crippen molar-refractivity contribution in [2.75, 3.05) is 6.61 Å². The predicted molar refractivity (Wildman–Crippen MR) is 75.2 cm³/mol. The summed E-state index contributed by atoms with van der Waals surface area (Å²) < 4.78 is 32.5. The number of carbonyl (C=O) groups is 1. The number of rotatable bonds is 1. The maximum atomic E-state index is 13.7. The highest BCUT2D eigenvalue weighted by Crippen LogP contribution is 2.28. The second-order valence-corrected chi connectivity index (χ2v) is 4.76. The van der Waals surface area contributed by atoms with Gasteiger partial charge in [-0.25, -0.2) is 8.78 Å². The van der Waals surface area contributed by atoms with E-state index in [0.717, 1.165) is 6.07 Å². The number of hydrogen-bond acceptors (Lipinski definition) is 2. The van der Waals surface area contributed by atoms with Gasteiger partial charge in [0.25, 0.3) is 0 Å². The van der Waals surface area contributed by atoms with Crippen LogP contribution in [-0.4, -0.2) is 12.4 Å². The van der Waals surface area contributed by atoms with Crippen LogP contribution in [0.15, 0.2) is 48.0 Å². The van der Waals surface area contributed by atoms with Crippen molar-refractivity contribution in [1.82, 2.24) is 0 Å². The van der Waals surface area contributed by atoms with Gasteiger partial charge in [0.1, 0.15) is 17.4 Å². The van der Waals surface area contributed by atoms with Crippen molar-refractivity contribution in [2.24, 2.45) is 0 Å². The van der Waals surface area contributed by atoms with Gasteiger partial charge >= 0.3 is 0 Å². The molecule has 0 saturated heterocycles. The van der Waals surface area contributed by atoms with Gasteiger partial charge < -0.3 is 4.74 Å². The number of ether oxygens (including phenoxy) is 1. The zero-order valence-electron chi connectivity index (χ0n) is 11.1. The van der Waals surface area contributed by atoms with E-state index in [1.807, 2.05) is 0 Å². The Hall–Kier alpha value is -2.49. The molecule has 21 heavy (non-hydrogen) atoms. The number of Topliss-reactive ketones (excluding diaryl/α,β-unsaturated/α-hetero) is 1. The Labute approximate surface area is 120 Å². The maximum absolute atomic E-state index is 13.7. The summed E-state index contributed by atoms with van der Waals surface area (Å²) in [6.07, 6.45) is 1.85. The van der Waals surface area contributed by atoms with Crippen LogP contribution in [0.1, 0.15) is 22.3 Å². The molecule has 0 spiro atoms. The average Bonchev–Trinajstić information content (AvgIpc) is 2.62. The van der Waals surface area contributed by atoms with Crippen LogP contribution in [-0.2, 0) is 0 Å². The summed E-state index contributed by atoms with van der Waals surface area (Å²) in [4.78, 5) is 12.5. The molecule has 1 aliphatic rings. The molecule has 0 saturated carbocycles. The van der Waals surface area contributed by atoms with Gasteiger partial charge in [-0.15, -0.1) is 0 Å². The zero-order valence-corrected chi connectivity index (χ0v) is 11.1. The summed E-state index contributed by atoms with van der Waals surface area (Å²) >= 11 is 0. The topological polar surface area (TPSA) is 26.3 Å². The average molecular weight is 286 g/mol. The van der Waals surface area contributed by atoms with Gasteiger partial charge in [-0.05, 0) is 30.3 Å². The second kappa shape index (κ2) is 5.48. The zero-order chi connectivity index (χ0) is 14.8. The van der Waals surface area contributed by atoms with Gasteiger partial charge in [-0.2, -0.15) is 0 Å². The van der Waals surface area contributed by atoms with Crippen LogP contribution >= 0.6 is 0 Å². The molecule has 2 aromatic rings. The summed E-state index contributed by atoms with van der Waals surface area (Å²) in [5.74, 6) is -0.871. The van der Waals surface area contributed by atoms with E-state index in [2.05, 4.69) is 0 Å². The molecule has 0 radical (unpaired) electrons. The van der Waals surface area contributed by atoms with Crippen LogP contribution in [0, 0.1) is 11.6 Å². The largest absolute Gasteiger partial charge is 0.492 e. The van der Waals surface area contributed by atoms with Crippen molar-refractivity contribution in [3.63, 3.8) is 0 Å². The number of halogens is 2. The van der Waals surface area contributed by atoms with Crippen LogP contribution < -0.4 is 4.74 Å². The number of hydrogen-bond donors (Lipinski definition) is 0. The second-order valence-electron chi connectivity index (χ2n) is 4.76.